The molecule has 0 aliphatic carbocycles. The number of hydrogen-bond donors (Lipinski definition) is 1. The van der Waals surface area contributed by atoms with Crippen molar-refractivity contribution >= 4 is 29.3 Å². The van der Waals surface area contributed by atoms with Gasteiger partial charge in [-0.25, -0.2) is 4.39 Å². The molecule has 0 bridgehead atoms. The van der Waals surface area contributed by atoms with E-state index in [1.807, 2.05) is 24.3 Å². The molecule has 0 aliphatic heterocycles. The fourth-order valence-electron chi connectivity index (χ4n) is 1.77. The van der Waals surface area contributed by atoms with Gasteiger partial charge in [-0.15, -0.1) is 11.8 Å². The third-order valence-electron chi connectivity index (χ3n) is 2.92. The smallest absolute Gasteiger partial charge is 0.220 e. The number of benzene rings is 2. The predicted molar refractivity (Wildman–Crippen MR) is 91.7 cm³/mol. The van der Waals surface area contributed by atoms with Gasteiger partial charge < -0.3 is 10.1 Å². The van der Waals surface area contributed by atoms with E-state index in [1.165, 1.54) is 12.1 Å². The molecule has 0 heterocycles. The number of amides is 1. The minimum Gasteiger partial charge on any atom is -0.492 e. The molecule has 0 aliphatic rings. The molecule has 1 amide bonds. The highest BCUT2D eigenvalue weighted by molar-refractivity contribution is 7.99. The Morgan fingerprint density at radius 2 is 1.83 bits per heavy atom. The van der Waals surface area contributed by atoms with E-state index < -0.39 is 0 Å². The first kappa shape index (κ1) is 17.6. The number of carbonyl (C=O) groups is 1. The van der Waals surface area contributed by atoms with Crippen LogP contribution >= 0.6 is 23.4 Å². The van der Waals surface area contributed by atoms with Gasteiger partial charge in [0, 0.05) is 22.1 Å². The number of hydrogen-bond acceptors (Lipinski definition) is 3. The maximum atomic E-state index is 12.7. The topological polar surface area (TPSA) is 38.3 Å². The highest BCUT2D eigenvalue weighted by Gasteiger charge is 2.02. The van der Waals surface area contributed by atoms with E-state index in [-0.39, 0.29) is 11.7 Å². The third kappa shape index (κ3) is 6.93. The Kier molecular flexibility index (Phi) is 7.23. The van der Waals surface area contributed by atoms with Crippen molar-refractivity contribution in [3.63, 3.8) is 0 Å². The second-order valence-corrected chi connectivity index (χ2v) is 6.31. The van der Waals surface area contributed by atoms with E-state index in [2.05, 4.69) is 5.32 Å². The standard InChI is InChI=1S/C17H17ClFNO2S/c18-13-1-7-16(8-2-13)23-12-9-17(21)20-10-11-22-15-5-3-14(19)4-6-15/h1-8H,9-12H2,(H,20,21). The number of rotatable bonds is 8. The molecule has 1 N–H and O–H groups in total. The van der Waals surface area contributed by atoms with Crippen molar-refractivity contribution in [1.82, 2.24) is 5.32 Å². The summed E-state index contributed by atoms with van der Waals surface area (Å²) in [4.78, 5) is 12.8. The van der Waals surface area contributed by atoms with E-state index >= 15 is 0 Å². The van der Waals surface area contributed by atoms with Gasteiger partial charge >= 0.3 is 0 Å². The Balaban J connectivity index is 1.56. The lowest BCUT2D eigenvalue weighted by molar-refractivity contribution is -0.120. The van der Waals surface area contributed by atoms with E-state index in [4.69, 9.17) is 16.3 Å². The molecular formula is C17H17ClFNO2S. The molecule has 2 aromatic carbocycles. The van der Waals surface area contributed by atoms with Crippen LogP contribution in [0.5, 0.6) is 5.75 Å². The SMILES string of the molecule is O=C(CCSc1ccc(Cl)cc1)NCCOc1ccc(F)cc1. The van der Waals surface area contributed by atoms with Gasteiger partial charge in [-0.05, 0) is 48.5 Å². The average Bonchev–Trinajstić information content (AvgIpc) is 2.55. The summed E-state index contributed by atoms with van der Waals surface area (Å²) >= 11 is 7.42. The summed E-state index contributed by atoms with van der Waals surface area (Å²) in [5.41, 5.74) is 0. The molecule has 0 atom stereocenters. The molecule has 23 heavy (non-hydrogen) atoms. The summed E-state index contributed by atoms with van der Waals surface area (Å²) in [6.07, 6.45) is 0.434. The molecule has 122 valence electrons. The first-order valence-corrected chi connectivity index (χ1v) is 8.53. The van der Waals surface area contributed by atoms with Gasteiger partial charge in [0.25, 0.3) is 0 Å². The zero-order valence-corrected chi connectivity index (χ0v) is 14.0. The molecule has 0 radical (unpaired) electrons. The second kappa shape index (κ2) is 9.43. The lowest BCUT2D eigenvalue weighted by Crippen LogP contribution is -2.28. The second-order valence-electron chi connectivity index (χ2n) is 4.70. The number of carbonyl (C=O) groups excluding carboxylic acids is 1. The average molecular weight is 354 g/mol. The van der Waals surface area contributed by atoms with Crippen LogP contribution in [-0.4, -0.2) is 24.8 Å². The summed E-state index contributed by atoms with van der Waals surface area (Å²) in [5.74, 6) is 0.962. The van der Waals surface area contributed by atoms with Crippen LogP contribution in [0.4, 0.5) is 4.39 Å². The van der Waals surface area contributed by atoms with Gasteiger partial charge in [0.2, 0.25) is 5.91 Å². The van der Waals surface area contributed by atoms with Crippen molar-refractivity contribution in [3.8, 4) is 5.75 Å². The van der Waals surface area contributed by atoms with Crippen molar-refractivity contribution in [2.24, 2.45) is 0 Å². The van der Waals surface area contributed by atoms with Gasteiger partial charge in [0.15, 0.2) is 0 Å². The molecule has 2 aromatic rings. The molecule has 0 unspecified atom stereocenters. The summed E-state index contributed by atoms with van der Waals surface area (Å²) in [6, 6.07) is 13.3. The molecule has 6 heteroatoms. The maximum Gasteiger partial charge on any atom is 0.220 e. The molecule has 0 fully saturated rings. The first-order valence-electron chi connectivity index (χ1n) is 7.17. The molecular weight excluding hydrogens is 337 g/mol. The highest BCUT2D eigenvalue weighted by atomic mass is 35.5. The van der Waals surface area contributed by atoms with E-state index in [0.29, 0.717) is 36.1 Å². The van der Waals surface area contributed by atoms with Crippen LogP contribution in [-0.2, 0) is 4.79 Å². The normalized spacial score (nSPS) is 10.3. The van der Waals surface area contributed by atoms with Gasteiger partial charge in [0.05, 0.1) is 6.54 Å². The Morgan fingerprint density at radius 1 is 1.13 bits per heavy atom. The summed E-state index contributed by atoms with van der Waals surface area (Å²) in [5, 5.41) is 3.49. The van der Waals surface area contributed by atoms with Gasteiger partial charge in [-0.1, -0.05) is 11.6 Å². The fraction of sp³-hybridized carbons (Fsp3) is 0.235. The van der Waals surface area contributed by atoms with Gasteiger partial charge in [0.1, 0.15) is 18.2 Å². The van der Waals surface area contributed by atoms with Gasteiger partial charge in [-0.3, -0.25) is 4.79 Å². The summed E-state index contributed by atoms with van der Waals surface area (Å²) in [6.45, 7) is 0.767. The van der Waals surface area contributed by atoms with Gasteiger partial charge in [-0.2, -0.15) is 0 Å². The van der Waals surface area contributed by atoms with Crippen molar-refractivity contribution in [1.29, 1.82) is 0 Å². The zero-order chi connectivity index (χ0) is 16.5. The van der Waals surface area contributed by atoms with E-state index in [9.17, 15) is 9.18 Å². The predicted octanol–water partition coefficient (Wildman–Crippen LogP) is 4.16. The number of halogens is 2. The molecule has 0 spiro atoms. The van der Waals surface area contributed by atoms with Crippen molar-refractivity contribution in [2.45, 2.75) is 11.3 Å². The molecule has 0 aromatic heterocycles. The van der Waals surface area contributed by atoms with Crippen LogP contribution in [0.15, 0.2) is 53.4 Å². The highest BCUT2D eigenvalue weighted by Crippen LogP contribution is 2.20. The fourth-order valence-corrected chi connectivity index (χ4v) is 2.75. The van der Waals surface area contributed by atoms with Crippen molar-refractivity contribution in [2.75, 3.05) is 18.9 Å². The van der Waals surface area contributed by atoms with Crippen molar-refractivity contribution in [3.05, 3.63) is 59.4 Å². The number of ether oxygens (including phenoxy) is 1. The number of thioether (sulfide) groups is 1. The van der Waals surface area contributed by atoms with Crippen LogP contribution in [0.1, 0.15) is 6.42 Å². The Bertz CT molecular complexity index is 619. The van der Waals surface area contributed by atoms with Crippen LogP contribution in [0.25, 0.3) is 0 Å². The molecule has 0 saturated heterocycles. The maximum absolute atomic E-state index is 12.7. The minimum atomic E-state index is -0.302. The summed E-state index contributed by atoms with van der Waals surface area (Å²) < 4.78 is 18.1. The Hall–Kier alpha value is -1.72. The molecule has 2 rings (SSSR count). The monoisotopic (exact) mass is 353 g/mol. The van der Waals surface area contributed by atoms with Crippen LogP contribution in [0, 0.1) is 5.82 Å². The third-order valence-corrected chi connectivity index (χ3v) is 4.18. The van der Waals surface area contributed by atoms with Crippen LogP contribution in [0.2, 0.25) is 5.02 Å². The first-order chi connectivity index (χ1) is 11.1. The molecule has 0 saturated carbocycles. The summed E-state index contributed by atoms with van der Waals surface area (Å²) in [7, 11) is 0. The Morgan fingerprint density at radius 3 is 2.52 bits per heavy atom. The lowest BCUT2D eigenvalue weighted by atomic mass is 10.3. The zero-order valence-electron chi connectivity index (χ0n) is 12.4. The number of nitrogens with one attached hydrogen (secondary N) is 1. The van der Waals surface area contributed by atoms with Crippen LogP contribution < -0.4 is 10.1 Å². The quantitative estimate of drug-likeness (QED) is 0.572. The molecule has 3 nitrogen and oxygen atoms in total. The lowest BCUT2D eigenvalue weighted by Gasteiger charge is -2.08. The van der Waals surface area contributed by atoms with E-state index in [1.54, 1.807) is 23.9 Å². The largest absolute Gasteiger partial charge is 0.492 e. The Labute approximate surface area is 144 Å². The van der Waals surface area contributed by atoms with Crippen LogP contribution in [0.3, 0.4) is 0 Å². The minimum absolute atomic E-state index is 0.0193. The van der Waals surface area contributed by atoms with E-state index in [0.717, 1.165) is 4.90 Å². The van der Waals surface area contributed by atoms with Crippen molar-refractivity contribution < 1.29 is 13.9 Å².